The molecule has 2 amide bonds. The van der Waals surface area contributed by atoms with Gasteiger partial charge in [-0.15, -0.1) is 23.5 Å². The maximum Gasteiger partial charge on any atom is 0.407 e. The lowest BCUT2D eigenvalue weighted by atomic mass is 9.89. The Labute approximate surface area is 414 Å². The van der Waals surface area contributed by atoms with E-state index in [9.17, 15) is 9.59 Å². The summed E-state index contributed by atoms with van der Waals surface area (Å²) < 4.78 is 10.6. The number of fused-ring (bicyclic) bond motifs is 8. The van der Waals surface area contributed by atoms with Crippen LogP contribution < -0.4 is 53.2 Å². The van der Waals surface area contributed by atoms with Crippen molar-refractivity contribution in [2.24, 2.45) is 0 Å². The topological polar surface area (TPSA) is 199 Å². The number of ether oxygens (including phenoxy) is 2. The van der Waals surface area contributed by atoms with Gasteiger partial charge in [0.2, 0.25) is 0 Å². The molecule has 4 aliphatic carbocycles. The van der Waals surface area contributed by atoms with E-state index in [-0.39, 0.29) is 13.2 Å². The Bertz CT molecular complexity index is 1630. The van der Waals surface area contributed by atoms with Crippen molar-refractivity contribution in [2.45, 2.75) is 187 Å². The Balaban J connectivity index is 0.734. The third-order valence-electron chi connectivity index (χ3n) is 14.8. The summed E-state index contributed by atoms with van der Waals surface area (Å²) in [6.07, 6.45) is 18.7. The molecule has 2 aromatic heterocycles. The number of aromatic nitrogens is 2. The molecule has 0 aromatic carbocycles. The van der Waals surface area contributed by atoms with Gasteiger partial charge in [-0.3, -0.25) is 9.97 Å². The van der Waals surface area contributed by atoms with Crippen molar-refractivity contribution in [3.05, 3.63) is 47.0 Å². The highest BCUT2D eigenvalue weighted by atomic mass is 32.2. The third kappa shape index (κ3) is 16.9. The van der Waals surface area contributed by atoms with Gasteiger partial charge in [0.15, 0.2) is 0 Å². The first-order valence-corrected chi connectivity index (χ1v) is 28.4. The lowest BCUT2D eigenvalue weighted by molar-refractivity contribution is 0.0963. The molecule has 0 saturated heterocycles. The highest BCUT2D eigenvalue weighted by Crippen LogP contribution is 2.26. The molecule has 8 atom stereocenters. The van der Waals surface area contributed by atoms with E-state index < -0.39 is 12.2 Å². The van der Waals surface area contributed by atoms with Crippen LogP contribution >= 0.6 is 23.5 Å². The fourth-order valence-electron chi connectivity index (χ4n) is 11.2. The van der Waals surface area contributed by atoms with Crippen LogP contribution in [-0.2, 0) is 35.7 Å². The van der Waals surface area contributed by atoms with Crippen molar-refractivity contribution in [1.82, 2.24) is 63.1 Å². The maximum absolute atomic E-state index is 12.5. The summed E-state index contributed by atoms with van der Waals surface area (Å²) in [6, 6.07) is 12.4. The lowest BCUT2D eigenvalue weighted by Gasteiger charge is -2.34. The minimum absolute atomic E-state index is 0.0209. The maximum atomic E-state index is 12.5. The Morgan fingerprint density at radius 3 is 0.985 bits per heavy atom. The van der Waals surface area contributed by atoms with Gasteiger partial charge in [0.05, 0.1) is 22.8 Å². The van der Waals surface area contributed by atoms with E-state index >= 15 is 0 Å². The highest BCUT2D eigenvalue weighted by molar-refractivity contribution is 7.99. The number of alkyl carbamates (subject to hydrolysis) is 2. The Hall–Kier alpha value is -2.78. The summed E-state index contributed by atoms with van der Waals surface area (Å²) in [4.78, 5) is 37.5. The Kier molecular flexibility index (Phi) is 21.5. The van der Waals surface area contributed by atoms with Crippen molar-refractivity contribution in [3.63, 3.8) is 0 Å². The van der Waals surface area contributed by atoms with Gasteiger partial charge in [0.1, 0.15) is 13.2 Å². The molecule has 68 heavy (non-hydrogen) atoms. The van der Waals surface area contributed by atoms with Crippen molar-refractivity contribution < 1.29 is 19.1 Å². The first-order valence-electron chi connectivity index (χ1n) is 26.4. The van der Waals surface area contributed by atoms with E-state index in [1.807, 2.05) is 0 Å². The molecule has 0 radical (unpaired) electrons. The van der Waals surface area contributed by atoms with Crippen molar-refractivity contribution in [1.29, 1.82) is 0 Å². The van der Waals surface area contributed by atoms with Crippen LogP contribution in [0.3, 0.4) is 0 Å². The molecule has 16 nitrogen and oxygen atoms in total. The number of carbonyl (C=O) groups is 2. The predicted molar refractivity (Wildman–Crippen MR) is 272 cm³/mol. The molecule has 8 rings (SSSR count). The van der Waals surface area contributed by atoms with Gasteiger partial charge < -0.3 is 62.6 Å². The highest BCUT2D eigenvalue weighted by Gasteiger charge is 2.29. The van der Waals surface area contributed by atoms with Crippen LogP contribution in [0.2, 0.25) is 0 Å². The smallest absolute Gasteiger partial charge is 0.407 e. The average Bonchev–Trinajstić information content (AvgIpc) is 3.37. The number of carbonyl (C=O) groups excluding carboxylic acids is 2. The van der Waals surface area contributed by atoms with Crippen LogP contribution in [0.4, 0.5) is 9.59 Å². The molecule has 2 aliphatic heterocycles. The Morgan fingerprint density at radius 2 is 0.706 bits per heavy atom. The van der Waals surface area contributed by atoms with Crippen LogP contribution in [0.15, 0.2) is 34.1 Å². The third-order valence-corrected chi connectivity index (χ3v) is 16.7. The van der Waals surface area contributed by atoms with Gasteiger partial charge in [-0.1, -0.05) is 51.4 Å². The van der Waals surface area contributed by atoms with Gasteiger partial charge in [0, 0.05) is 135 Å². The fraction of sp³-hybridized carbons (Fsp3) is 0.760. The minimum atomic E-state index is -0.523. The van der Waals surface area contributed by atoms with E-state index in [4.69, 9.17) is 19.4 Å². The molecule has 4 saturated carbocycles. The van der Waals surface area contributed by atoms with Gasteiger partial charge >= 0.3 is 12.2 Å². The molecule has 0 spiro atoms. The number of hydrogen-bond acceptors (Lipinski definition) is 16. The summed E-state index contributed by atoms with van der Waals surface area (Å²) in [5, 5.41) is 36.5. The summed E-state index contributed by atoms with van der Waals surface area (Å²) >= 11 is 3.42. The molecule has 18 heteroatoms. The number of nitrogens with one attached hydrogen (secondary N) is 10. The zero-order chi connectivity index (χ0) is 46.6. The first kappa shape index (κ1) is 51.6. The van der Waals surface area contributed by atoms with Gasteiger partial charge in [-0.2, -0.15) is 0 Å². The fourth-order valence-corrected chi connectivity index (χ4v) is 13.0. The second-order valence-corrected chi connectivity index (χ2v) is 22.1. The summed E-state index contributed by atoms with van der Waals surface area (Å²) in [5.74, 6) is 1.37. The molecule has 4 fully saturated rings. The van der Waals surface area contributed by atoms with E-state index in [1.54, 1.807) is 23.5 Å². The van der Waals surface area contributed by atoms with E-state index in [1.165, 1.54) is 103 Å². The second kappa shape index (κ2) is 28.3. The lowest BCUT2D eigenvalue weighted by Crippen LogP contribution is -2.53. The quantitative estimate of drug-likeness (QED) is 0.109. The SMILES string of the molecule is O=C(NCCSc1cc2nc(c1)CN[C@@H]1CCCC[C@H]1NCCN[C@@H]1CCCCC1NC2)OCCOC(=O)NCCSc1cc2nc(c1)CN[C@@H]1CCCC[C@H]1NCCN[C@@H]1CCCC[C@H]1NC2. The summed E-state index contributed by atoms with van der Waals surface area (Å²) in [7, 11) is 0. The van der Waals surface area contributed by atoms with Crippen LogP contribution in [0.5, 0.6) is 0 Å². The van der Waals surface area contributed by atoms with E-state index in [0.717, 1.165) is 84.9 Å². The minimum Gasteiger partial charge on any atom is -0.446 e. The summed E-state index contributed by atoms with van der Waals surface area (Å²) in [5.41, 5.74) is 4.22. The number of nitrogens with zero attached hydrogens (tertiary/aromatic N) is 2. The van der Waals surface area contributed by atoms with Crippen LogP contribution in [0.1, 0.15) is 126 Å². The summed E-state index contributed by atoms with van der Waals surface area (Å²) in [6.45, 7) is 7.78. The number of pyridine rings is 2. The van der Waals surface area contributed by atoms with Crippen LogP contribution in [-0.4, -0.2) is 134 Å². The average molecular weight is 979 g/mol. The van der Waals surface area contributed by atoms with Gasteiger partial charge in [-0.05, 0) is 75.6 Å². The first-order chi connectivity index (χ1) is 33.5. The molecule has 378 valence electrons. The number of thioether (sulfide) groups is 2. The standard InChI is InChI=1S/C50H82N12O4S2/c63-49(55-21-25-67-39-27-35-31-57-45-13-5-1-9-41(45)51-17-18-52-42-10-2-6-14-46(42)58-32-36(28-39)61-35)65-23-24-66-50(64)56-22-26-68-40-29-37-33-59-47-15-7-3-11-43(47)53-19-20-54-44-12-4-8-16-48(44)60-34-38(30-40)62-37/h27-30,41-48,51-54,57-60H,1-26,31-34H2,(H,55,63)(H,56,64)/t41-,42-,43-,44-,45-,46-,47-,48?/m1/s1. The zero-order valence-corrected chi connectivity index (χ0v) is 42.1. The molecule has 4 heterocycles. The normalized spacial score (nSPS) is 28.8. The van der Waals surface area contributed by atoms with Crippen LogP contribution in [0.25, 0.3) is 0 Å². The monoisotopic (exact) mass is 979 g/mol. The molecule has 4 bridgehead atoms. The number of amides is 2. The number of rotatable bonds is 11. The predicted octanol–water partition coefficient (Wildman–Crippen LogP) is 4.80. The zero-order valence-electron chi connectivity index (χ0n) is 40.5. The molecule has 6 aliphatic rings. The number of hydrogen-bond donors (Lipinski definition) is 10. The van der Waals surface area contributed by atoms with E-state index in [0.29, 0.717) is 72.9 Å². The Morgan fingerprint density at radius 1 is 0.441 bits per heavy atom. The van der Waals surface area contributed by atoms with Crippen molar-refractivity contribution in [2.75, 3.05) is 64.0 Å². The van der Waals surface area contributed by atoms with Gasteiger partial charge in [-0.25, -0.2) is 9.59 Å². The van der Waals surface area contributed by atoms with Crippen molar-refractivity contribution in [3.8, 4) is 0 Å². The van der Waals surface area contributed by atoms with E-state index in [2.05, 4.69) is 77.4 Å². The second-order valence-electron chi connectivity index (χ2n) is 19.7. The largest absolute Gasteiger partial charge is 0.446 e. The molecular formula is C50H82N12O4S2. The van der Waals surface area contributed by atoms with Crippen molar-refractivity contribution >= 4 is 35.7 Å². The molecule has 1 unspecified atom stereocenters. The molecular weight excluding hydrogens is 897 g/mol. The van der Waals surface area contributed by atoms with Gasteiger partial charge in [0.25, 0.3) is 0 Å². The molecule has 2 aromatic rings. The molecule has 10 N–H and O–H groups in total. The van der Waals surface area contributed by atoms with Crippen LogP contribution in [0, 0.1) is 0 Å².